The van der Waals surface area contributed by atoms with Crippen molar-refractivity contribution in [2.75, 3.05) is 17.2 Å². The molecule has 0 bridgehead atoms. The summed E-state index contributed by atoms with van der Waals surface area (Å²) in [7, 11) is 0. The van der Waals surface area contributed by atoms with Gasteiger partial charge in [0.25, 0.3) is 0 Å². The molecule has 1 aliphatic rings. The number of aromatic nitrogens is 2. The predicted molar refractivity (Wildman–Crippen MR) is 82.9 cm³/mol. The van der Waals surface area contributed by atoms with E-state index < -0.39 is 0 Å². The van der Waals surface area contributed by atoms with Crippen molar-refractivity contribution in [3.05, 3.63) is 40.1 Å². The lowest BCUT2D eigenvalue weighted by Gasteiger charge is -2.14. The molecule has 0 amide bonds. The molecule has 0 unspecified atom stereocenters. The average Bonchev–Trinajstić information content (AvgIpc) is 2.82. The Labute approximate surface area is 119 Å². The van der Waals surface area contributed by atoms with E-state index in [2.05, 4.69) is 53.5 Å². The quantitative estimate of drug-likeness (QED) is 0.876. The van der Waals surface area contributed by atoms with Gasteiger partial charge in [-0.2, -0.15) is 4.98 Å². The van der Waals surface area contributed by atoms with Crippen molar-refractivity contribution < 1.29 is 0 Å². The van der Waals surface area contributed by atoms with Crippen LogP contribution in [-0.4, -0.2) is 16.5 Å². The molecule has 0 saturated heterocycles. The maximum absolute atomic E-state index is 4.58. The van der Waals surface area contributed by atoms with Gasteiger partial charge < -0.3 is 10.6 Å². The summed E-state index contributed by atoms with van der Waals surface area (Å²) >= 11 is 0. The fraction of sp³-hybridized carbons (Fsp3) is 0.375. The van der Waals surface area contributed by atoms with E-state index in [-0.39, 0.29) is 0 Å². The SMILES string of the molecule is Cc1cc(C)c(Nc2nc(C)c3c(n2)NCC3)c(C)c1. The van der Waals surface area contributed by atoms with E-state index in [4.69, 9.17) is 0 Å². The molecule has 3 rings (SSSR count). The van der Waals surface area contributed by atoms with Crippen LogP contribution in [0, 0.1) is 27.7 Å². The number of benzene rings is 1. The Kier molecular flexibility index (Phi) is 3.08. The van der Waals surface area contributed by atoms with Crippen molar-refractivity contribution in [1.82, 2.24) is 9.97 Å². The Bertz CT molecular complexity index is 653. The van der Waals surface area contributed by atoms with Crippen molar-refractivity contribution in [2.45, 2.75) is 34.1 Å². The van der Waals surface area contributed by atoms with Crippen molar-refractivity contribution >= 4 is 17.5 Å². The van der Waals surface area contributed by atoms with E-state index in [1.807, 2.05) is 6.92 Å². The minimum Gasteiger partial charge on any atom is -0.369 e. The molecule has 0 aliphatic carbocycles. The Balaban J connectivity index is 1.98. The van der Waals surface area contributed by atoms with Gasteiger partial charge >= 0.3 is 0 Å². The van der Waals surface area contributed by atoms with Crippen LogP contribution in [0.1, 0.15) is 27.9 Å². The standard InChI is InChI=1S/C16H20N4/c1-9-7-10(2)14(11(3)8-9)19-16-18-12(4)13-5-6-17-15(13)20-16/h7-8H,5-6H2,1-4H3,(H2,17,18,19,20). The summed E-state index contributed by atoms with van der Waals surface area (Å²) in [4.78, 5) is 9.16. The van der Waals surface area contributed by atoms with E-state index in [0.29, 0.717) is 5.95 Å². The van der Waals surface area contributed by atoms with Crippen LogP contribution in [0.3, 0.4) is 0 Å². The van der Waals surface area contributed by atoms with E-state index in [1.165, 1.54) is 22.3 Å². The zero-order chi connectivity index (χ0) is 14.3. The van der Waals surface area contributed by atoms with Crippen LogP contribution in [0.4, 0.5) is 17.5 Å². The highest BCUT2D eigenvalue weighted by molar-refractivity contribution is 5.65. The second kappa shape index (κ2) is 4.78. The lowest BCUT2D eigenvalue weighted by atomic mass is 10.1. The molecule has 2 aromatic rings. The van der Waals surface area contributed by atoms with Crippen molar-refractivity contribution in [3.63, 3.8) is 0 Å². The second-order valence-electron chi connectivity index (χ2n) is 5.54. The number of hydrogen-bond acceptors (Lipinski definition) is 4. The first-order valence-corrected chi connectivity index (χ1v) is 7.01. The topological polar surface area (TPSA) is 49.8 Å². The van der Waals surface area contributed by atoms with Gasteiger partial charge in [-0.1, -0.05) is 17.7 Å². The van der Waals surface area contributed by atoms with Gasteiger partial charge in [0, 0.05) is 23.5 Å². The zero-order valence-corrected chi connectivity index (χ0v) is 12.5. The summed E-state index contributed by atoms with van der Waals surface area (Å²) in [6, 6.07) is 4.35. The molecule has 0 fully saturated rings. The maximum atomic E-state index is 4.58. The number of nitrogens with zero attached hydrogens (tertiary/aromatic N) is 2. The Morgan fingerprint density at radius 3 is 2.45 bits per heavy atom. The monoisotopic (exact) mass is 268 g/mol. The highest BCUT2D eigenvalue weighted by atomic mass is 15.2. The number of anilines is 3. The number of nitrogens with one attached hydrogen (secondary N) is 2. The predicted octanol–water partition coefficient (Wildman–Crippen LogP) is 3.42. The van der Waals surface area contributed by atoms with E-state index >= 15 is 0 Å². The lowest BCUT2D eigenvalue weighted by molar-refractivity contribution is 1.04. The lowest BCUT2D eigenvalue weighted by Crippen LogP contribution is -2.04. The summed E-state index contributed by atoms with van der Waals surface area (Å²) in [5.41, 5.74) is 7.12. The Morgan fingerprint density at radius 1 is 1.05 bits per heavy atom. The fourth-order valence-corrected chi connectivity index (χ4v) is 2.89. The summed E-state index contributed by atoms with van der Waals surface area (Å²) in [6.45, 7) is 9.34. The first kappa shape index (κ1) is 12.9. The third-order valence-electron chi connectivity index (χ3n) is 3.80. The van der Waals surface area contributed by atoms with Gasteiger partial charge in [0.1, 0.15) is 5.82 Å². The molecule has 0 radical (unpaired) electrons. The van der Waals surface area contributed by atoms with Gasteiger partial charge in [0.2, 0.25) is 5.95 Å². The number of rotatable bonds is 2. The molecule has 1 aromatic carbocycles. The van der Waals surface area contributed by atoms with Gasteiger partial charge in [0.15, 0.2) is 0 Å². The molecule has 104 valence electrons. The van der Waals surface area contributed by atoms with Crippen molar-refractivity contribution in [2.24, 2.45) is 0 Å². The molecule has 0 spiro atoms. The highest BCUT2D eigenvalue weighted by Crippen LogP contribution is 2.28. The number of hydrogen-bond donors (Lipinski definition) is 2. The molecular weight excluding hydrogens is 248 g/mol. The van der Waals surface area contributed by atoms with E-state index in [0.717, 1.165) is 30.2 Å². The molecule has 0 saturated carbocycles. The molecule has 4 nitrogen and oxygen atoms in total. The number of aryl methyl sites for hydroxylation is 4. The van der Waals surface area contributed by atoms with E-state index in [1.54, 1.807) is 0 Å². The summed E-state index contributed by atoms with van der Waals surface area (Å²) in [5.74, 6) is 1.65. The molecule has 4 heteroatoms. The molecule has 2 heterocycles. The van der Waals surface area contributed by atoms with Crippen LogP contribution in [0.25, 0.3) is 0 Å². The van der Waals surface area contributed by atoms with Gasteiger partial charge in [-0.15, -0.1) is 0 Å². The molecule has 1 aliphatic heterocycles. The average molecular weight is 268 g/mol. The molecule has 1 aromatic heterocycles. The second-order valence-corrected chi connectivity index (χ2v) is 5.54. The van der Waals surface area contributed by atoms with Crippen molar-refractivity contribution in [3.8, 4) is 0 Å². The fourth-order valence-electron chi connectivity index (χ4n) is 2.89. The molecule has 0 atom stereocenters. The minimum atomic E-state index is 0.672. The van der Waals surface area contributed by atoms with Crippen LogP contribution in [-0.2, 0) is 6.42 Å². The summed E-state index contributed by atoms with van der Waals surface area (Å²) in [5, 5.41) is 6.69. The molecule has 2 N–H and O–H groups in total. The Morgan fingerprint density at radius 2 is 1.75 bits per heavy atom. The van der Waals surface area contributed by atoms with Gasteiger partial charge in [0.05, 0.1) is 0 Å². The normalized spacial score (nSPS) is 13.0. The maximum Gasteiger partial charge on any atom is 0.229 e. The van der Waals surface area contributed by atoms with Crippen LogP contribution in [0.2, 0.25) is 0 Å². The van der Waals surface area contributed by atoms with Gasteiger partial charge in [-0.3, -0.25) is 0 Å². The molecule has 20 heavy (non-hydrogen) atoms. The van der Waals surface area contributed by atoms with Gasteiger partial charge in [-0.25, -0.2) is 4.98 Å². The van der Waals surface area contributed by atoms with Gasteiger partial charge in [-0.05, 0) is 45.2 Å². The highest BCUT2D eigenvalue weighted by Gasteiger charge is 2.17. The number of fused-ring (bicyclic) bond motifs is 1. The van der Waals surface area contributed by atoms with Crippen LogP contribution in [0.15, 0.2) is 12.1 Å². The van der Waals surface area contributed by atoms with E-state index in [9.17, 15) is 0 Å². The largest absolute Gasteiger partial charge is 0.369 e. The third kappa shape index (κ3) is 2.22. The summed E-state index contributed by atoms with van der Waals surface area (Å²) < 4.78 is 0. The van der Waals surface area contributed by atoms with Crippen LogP contribution in [0.5, 0.6) is 0 Å². The summed E-state index contributed by atoms with van der Waals surface area (Å²) in [6.07, 6.45) is 1.02. The third-order valence-corrected chi connectivity index (χ3v) is 3.80. The molecular formula is C16H20N4. The van der Waals surface area contributed by atoms with Crippen LogP contribution >= 0.6 is 0 Å². The van der Waals surface area contributed by atoms with Crippen molar-refractivity contribution in [1.29, 1.82) is 0 Å². The van der Waals surface area contributed by atoms with Crippen LogP contribution < -0.4 is 10.6 Å². The minimum absolute atomic E-state index is 0.672. The first-order valence-electron chi connectivity index (χ1n) is 7.01. The Hall–Kier alpha value is -2.10. The smallest absolute Gasteiger partial charge is 0.229 e. The first-order chi connectivity index (χ1) is 9.54. The zero-order valence-electron chi connectivity index (χ0n) is 12.5.